The molecule has 0 aliphatic heterocycles. The summed E-state index contributed by atoms with van der Waals surface area (Å²) < 4.78 is 5.14. The summed E-state index contributed by atoms with van der Waals surface area (Å²) in [4.78, 5) is 0. The van der Waals surface area contributed by atoms with Crippen LogP contribution in [0.1, 0.15) is 27.2 Å². The lowest BCUT2D eigenvalue weighted by Gasteiger charge is -2.20. The summed E-state index contributed by atoms with van der Waals surface area (Å²) in [6.07, 6.45) is 0.603. The summed E-state index contributed by atoms with van der Waals surface area (Å²) in [6.45, 7) is 7.27. The SMILES string of the molecule is CC(C)(C)NCOCCC[O]. The van der Waals surface area contributed by atoms with E-state index in [0.717, 1.165) is 0 Å². The average Bonchev–Trinajstić information content (AvgIpc) is 1.85. The lowest BCUT2D eigenvalue weighted by Crippen LogP contribution is -2.37. The average molecular weight is 160 g/mol. The van der Waals surface area contributed by atoms with Crippen LogP contribution in [0.5, 0.6) is 0 Å². The van der Waals surface area contributed by atoms with Gasteiger partial charge in [0.1, 0.15) is 0 Å². The van der Waals surface area contributed by atoms with Crippen LogP contribution in [0.15, 0.2) is 0 Å². The molecule has 0 aliphatic rings. The molecule has 0 bridgehead atoms. The summed E-state index contributed by atoms with van der Waals surface area (Å²) in [7, 11) is 0. The van der Waals surface area contributed by atoms with Gasteiger partial charge < -0.3 is 4.74 Å². The molecule has 0 aliphatic carbocycles. The largest absolute Gasteiger partial charge is 0.366 e. The smallest absolute Gasteiger partial charge is 0.0969 e. The van der Waals surface area contributed by atoms with E-state index in [0.29, 0.717) is 19.8 Å². The fourth-order valence-corrected chi connectivity index (χ4v) is 0.501. The van der Waals surface area contributed by atoms with Crippen molar-refractivity contribution in [3.8, 4) is 0 Å². The van der Waals surface area contributed by atoms with Crippen LogP contribution >= 0.6 is 0 Å². The molecule has 0 atom stereocenters. The van der Waals surface area contributed by atoms with Crippen molar-refractivity contribution in [2.24, 2.45) is 0 Å². The number of ether oxygens (including phenoxy) is 1. The van der Waals surface area contributed by atoms with Crippen molar-refractivity contribution in [1.29, 1.82) is 0 Å². The molecule has 0 heterocycles. The third-order valence-electron chi connectivity index (χ3n) is 1.14. The zero-order chi connectivity index (χ0) is 8.74. The molecule has 11 heavy (non-hydrogen) atoms. The van der Waals surface area contributed by atoms with E-state index in [1.807, 2.05) is 0 Å². The Morgan fingerprint density at radius 1 is 1.36 bits per heavy atom. The van der Waals surface area contributed by atoms with E-state index in [1.54, 1.807) is 0 Å². The lowest BCUT2D eigenvalue weighted by molar-refractivity contribution is 0.0757. The Labute approximate surface area is 68.8 Å². The van der Waals surface area contributed by atoms with Crippen LogP contribution in [-0.2, 0) is 9.84 Å². The monoisotopic (exact) mass is 160 g/mol. The fraction of sp³-hybridized carbons (Fsp3) is 1.00. The Morgan fingerprint density at radius 3 is 2.45 bits per heavy atom. The molecule has 3 nitrogen and oxygen atoms in total. The minimum atomic E-state index is -0.0461. The molecule has 0 aromatic carbocycles. The molecule has 0 saturated carbocycles. The standard InChI is InChI=1S/C8H18NO2/c1-8(2,3)9-7-11-6-4-5-10/h9H,4-7H2,1-3H3. The Morgan fingerprint density at radius 2 is 2.00 bits per heavy atom. The topological polar surface area (TPSA) is 41.2 Å². The molecular formula is C8H18NO2. The highest BCUT2D eigenvalue weighted by atomic mass is 16.5. The van der Waals surface area contributed by atoms with Gasteiger partial charge in [-0.1, -0.05) is 0 Å². The van der Waals surface area contributed by atoms with Crippen molar-refractivity contribution in [3.63, 3.8) is 0 Å². The van der Waals surface area contributed by atoms with Gasteiger partial charge in [0.25, 0.3) is 0 Å². The van der Waals surface area contributed by atoms with Gasteiger partial charge in [-0.25, -0.2) is 5.11 Å². The molecule has 0 saturated heterocycles. The molecule has 0 fully saturated rings. The molecular weight excluding hydrogens is 142 g/mol. The van der Waals surface area contributed by atoms with Crippen LogP contribution in [0.3, 0.4) is 0 Å². The third kappa shape index (κ3) is 9.88. The molecule has 0 aromatic heterocycles. The Hall–Kier alpha value is -0.120. The van der Waals surface area contributed by atoms with E-state index in [-0.39, 0.29) is 12.1 Å². The Bertz CT molecular complexity index is 88.6. The van der Waals surface area contributed by atoms with Crippen LogP contribution in [0, 0.1) is 0 Å². The number of nitrogens with one attached hydrogen (secondary N) is 1. The summed E-state index contributed by atoms with van der Waals surface area (Å²) >= 11 is 0. The van der Waals surface area contributed by atoms with Crippen LogP contribution in [0.2, 0.25) is 0 Å². The van der Waals surface area contributed by atoms with Crippen molar-refractivity contribution < 1.29 is 9.84 Å². The van der Waals surface area contributed by atoms with Crippen molar-refractivity contribution in [3.05, 3.63) is 0 Å². The molecule has 0 aromatic rings. The van der Waals surface area contributed by atoms with E-state index in [2.05, 4.69) is 26.1 Å². The molecule has 0 unspecified atom stereocenters. The van der Waals surface area contributed by atoms with E-state index < -0.39 is 0 Å². The summed E-state index contributed by atoms with van der Waals surface area (Å²) in [5, 5.41) is 13.1. The maximum Gasteiger partial charge on any atom is 0.0969 e. The van der Waals surface area contributed by atoms with Crippen LogP contribution in [0.25, 0.3) is 0 Å². The third-order valence-corrected chi connectivity index (χ3v) is 1.14. The second kappa shape index (κ2) is 5.52. The van der Waals surface area contributed by atoms with Gasteiger partial charge in [-0.05, 0) is 27.2 Å². The minimum absolute atomic E-state index is 0.0461. The molecule has 67 valence electrons. The molecule has 1 N–H and O–H groups in total. The van der Waals surface area contributed by atoms with Crippen molar-refractivity contribution in [1.82, 2.24) is 5.32 Å². The summed E-state index contributed by atoms with van der Waals surface area (Å²) in [5.74, 6) is 0. The molecule has 0 rings (SSSR count). The van der Waals surface area contributed by atoms with E-state index in [1.165, 1.54) is 0 Å². The van der Waals surface area contributed by atoms with Gasteiger partial charge in [0.15, 0.2) is 0 Å². The predicted molar refractivity (Wildman–Crippen MR) is 43.9 cm³/mol. The first-order valence-electron chi connectivity index (χ1n) is 3.97. The second-order valence-corrected chi connectivity index (χ2v) is 3.54. The first kappa shape index (κ1) is 10.9. The maximum atomic E-state index is 9.99. The molecule has 3 heteroatoms. The zero-order valence-corrected chi connectivity index (χ0v) is 7.64. The first-order valence-corrected chi connectivity index (χ1v) is 3.97. The number of hydrogen-bond acceptors (Lipinski definition) is 2. The van der Waals surface area contributed by atoms with E-state index in [9.17, 15) is 5.11 Å². The lowest BCUT2D eigenvalue weighted by atomic mass is 10.1. The van der Waals surface area contributed by atoms with E-state index in [4.69, 9.17) is 4.74 Å². The van der Waals surface area contributed by atoms with Gasteiger partial charge in [0.05, 0.1) is 19.9 Å². The van der Waals surface area contributed by atoms with Gasteiger partial charge in [0, 0.05) is 5.54 Å². The van der Waals surface area contributed by atoms with Crippen molar-refractivity contribution >= 4 is 0 Å². The second-order valence-electron chi connectivity index (χ2n) is 3.54. The van der Waals surface area contributed by atoms with Crippen LogP contribution in [0.4, 0.5) is 0 Å². The van der Waals surface area contributed by atoms with Crippen molar-refractivity contribution in [2.75, 3.05) is 19.9 Å². The van der Waals surface area contributed by atoms with E-state index >= 15 is 0 Å². The van der Waals surface area contributed by atoms with Gasteiger partial charge >= 0.3 is 0 Å². The van der Waals surface area contributed by atoms with Gasteiger partial charge in [-0.3, -0.25) is 5.32 Å². The summed E-state index contributed by atoms with van der Waals surface area (Å²) in [6, 6.07) is 0. The quantitative estimate of drug-likeness (QED) is 0.484. The zero-order valence-electron chi connectivity index (χ0n) is 7.64. The Kier molecular flexibility index (Phi) is 5.46. The molecule has 0 amide bonds. The first-order chi connectivity index (χ1) is 5.06. The Balaban J connectivity index is 3.02. The van der Waals surface area contributed by atoms with Crippen LogP contribution in [-0.4, -0.2) is 25.5 Å². The highest BCUT2D eigenvalue weighted by molar-refractivity contribution is 4.67. The summed E-state index contributed by atoms with van der Waals surface area (Å²) in [5.41, 5.74) is 0.0947. The van der Waals surface area contributed by atoms with Crippen LogP contribution < -0.4 is 5.32 Å². The van der Waals surface area contributed by atoms with Gasteiger partial charge in [-0.2, -0.15) is 0 Å². The van der Waals surface area contributed by atoms with Gasteiger partial charge in [-0.15, -0.1) is 0 Å². The molecule has 0 spiro atoms. The molecule has 1 radical (unpaired) electrons. The van der Waals surface area contributed by atoms with Gasteiger partial charge in [0.2, 0.25) is 0 Å². The fourth-order valence-electron chi connectivity index (χ4n) is 0.501. The maximum absolute atomic E-state index is 9.99. The normalized spacial score (nSPS) is 12.0. The number of hydrogen-bond donors (Lipinski definition) is 1. The highest BCUT2D eigenvalue weighted by Gasteiger charge is 2.06. The predicted octanol–water partition coefficient (Wildman–Crippen LogP) is 1.17. The highest BCUT2D eigenvalue weighted by Crippen LogP contribution is 1.96. The minimum Gasteiger partial charge on any atom is -0.366 e. The van der Waals surface area contributed by atoms with Crippen molar-refractivity contribution in [2.45, 2.75) is 32.7 Å². The number of rotatable bonds is 5.